The van der Waals surface area contributed by atoms with E-state index >= 15 is 0 Å². The number of nitriles is 1. The van der Waals surface area contributed by atoms with Crippen molar-refractivity contribution in [2.45, 2.75) is 6.42 Å². The topological polar surface area (TPSA) is 87.1 Å². The molecule has 0 bridgehead atoms. The molecular weight excluding hydrogens is 243 g/mol. The molecule has 0 radical (unpaired) electrons. The molecule has 0 saturated heterocycles. The van der Waals surface area contributed by atoms with Crippen LogP contribution in [0.2, 0.25) is 0 Å². The lowest BCUT2D eigenvalue weighted by molar-refractivity contribution is -0.131. The van der Waals surface area contributed by atoms with Crippen LogP contribution in [0.1, 0.15) is 5.56 Å². The number of halogens is 1. The van der Waals surface area contributed by atoms with Gasteiger partial charge in [-0.15, -0.1) is 0 Å². The maximum atomic E-state index is 12.6. The third kappa shape index (κ3) is 3.81. The molecule has 1 rings (SSSR count). The van der Waals surface area contributed by atoms with Gasteiger partial charge in [0.2, 0.25) is 0 Å². The first-order valence-corrected chi connectivity index (χ1v) is 5.38. The van der Waals surface area contributed by atoms with Crippen molar-refractivity contribution in [3.05, 3.63) is 46.2 Å². The smallest absolute Gasteiger partial charge is 0.345 e. The number of allylic oxidation sites excluding steroid dienone is 1. The maximum Gasteiger partial charge on any atom is 0.345 e. The van der Waals surface area contributed by atoms with Crippen molar-refractivity contribution < 1.29 is 14.3 Å². The summed E-state index contributed by atoms with van der Waals surface area (Å²) in [6, 6.07) is 5.55. The van der Waals surface area contributed by atoms with Crippen molar-refractivity contribution in [3.8, 4) is 5.40 Å². The van der Waals surface area contributed by atoms with E-state index in [1.54, 1.807) is 5.40 Å². The van der Waals surface area contributed by atoms with Gasteiger partial charge in [-0.3, -0.25) is 0 Å². The molecule has 0 spiro atoms. The molecule has 4 nitrogen and oxygen atoms in total. The molecule has 1 aromatic carbocycles. The molecule has 0 aromatic heterocycles. The van der Waals surface area contributed by atoms with E-state index < -0.39 is 5.97 Å². The van der Waals surface area contributed by atoms with E-state index in [4.69, 9.17) is 16.1 Å². The first kappa shape index (κ1) is 13.1. The highest BCUT2D eigenvalue weighted by atomic mass is 32.2. The fourth-order valence-corrected chi connectivity index (χ4v) is 1.58. The molecule has 0 saturated carbocycles. The van der Waals surface area contributed by atoms with Gasteiger partial charge in [0, 0.05) is 12.1 Å². The quantitative estimate of drug-likeness (QED) is 0.630. The number of nitrogens with zero attached hydrogens (tertiary/aromatic N) is 1. The van der Waals surface area contributed by atoms with Crippen LogP contribution in [0.4, 0.5) is 4.39 Å². The largest absolute Gasteiger partial charge is 0.477 e. The summed E-state index contributed by atoms with van der Waals surface area (Å²) in [4.78, 5) is 10.6. The molecule has 0 heterocycles. The van der Waals surface area contributed by atoms with Gasteiger partial charge in [0.15, 0.2) is 0 Å². The third-order valence-corrected chi connectivity index (χ3v) is 2.67. The van der Waals surface area contributed by atoms with Crippen LogP contribution in [0.5, 0.6) is 0 Å². The number of carboxylic acid groups (broad SMARTS) is 1. The first-order chi connectivity index (χ1) is 8.04. The Hall–Kier alpha value is -2.00. The van der Waals surface area contributed by atoms with Gasteiger partial charge in [0.1, 0.15) is 16.1 Å². The third-order valence-electron chi connectivity index (χ3n) is 1.94. The highest BCUT2D eigenvalue weighted by Gasteiger charge is 2.13. The van der Waals surface area contributed by atoms with Crippen LogP contribution in [0.15, 0.2) is 34.9 Å². The minimum absolute atomic E-state index is 0.0793. The molecule has 0 aliphatic carbocycles. The first-order valence-electron chi connectivity index (χ1n) is 4.57. The van der Waals surface area contributed by atoms with E-state index in [0.29, 0.717) is 17.3 Å². The Balaban J connectivity index is 2.92. The molecular formula is C11H9FN2O2S. The van der Waals surface area contributed by atoms with Gasteiger partial charge in [0.25, 0.3) is 0 Å². The van der Waals surface area contributed by atoms with E-state index in [1.165, 1.54) is 24.3 Å². The molecule has 0 aliphatic rings. The molecule has 0 amide bonds. The van der Waals surface area contributed by atoms with E-state index in [2.05, 4.69) is 0 Å². The van der Waals surface area contributed by atoms with E-state index in [9.17, 15) is 9.18 Å². The fraction of sp³-hybridized carbons (Fsp3) is 0.0909. The standard InChI is InChI=1S/C11H9FN2O2S/c12-8-3-1-7(2-4-8)5-9(14)10(11(15)16)17-6-13/h1-4H,5,14H2,(H,15,16). The van der Waals surface area contributed by atoms with Gasteiger partial charge in [-0.05, 0) is 29.5 Å². The Morgan fingerprint density at radius 2 is 2.06 bits per heavy atom. The Bertz CT molecular complexity index is 491. The summed E-state index contributed by atoms with van der Waals surface area (Å²) in [6.07, 6.45) is 0.163. The predicted octanol–water partition coefficient (Wildman–Crippen LogP) is 1.84. The van der Waals surface area contributed by atoms with Crippen molar-refractivity contribution >= 4 is 17.7 Å². The fourth-order valence-electron chi connectivity index (χ4n) is 1.19. The summed E-state index contributed by atoms with van der Waals surface area (Å²) in [5, 5.41) is 18.9. The molecule has 1 aromatic rings. The van der Waals surface area contributed by atoms with Crippen LogP contribution in [0.25, 0.3) is 0 Å². The van der Waals surface area contributed by atoms with Gasteiger partial charge >= 0.3 is 5.97 Å². The molecule has 88 valence electrons. The second-order valence-electron chi connectivity index (χ2n) is 3.16. The summed E-state index contributed by atoms with van der Waals surface area (Å²) in [7, 11) is 0. The van der Waals surface area contributed by atoms with Gasteiger partial charge in [0.05, 0.1) is 0 Å². The number of carboxylic acids is 1. The number of benzene rings is 1. The zero-order chi connectivity index (χ0) is 12.8. The number of carbonyl (C=O) groups is 1. The van der Waals surface area contributed by atoms with Crippen molar-refractivity contribution in [2.24, 2.45) is 5.73 Å². The van der Waals surface area contributed by atoms with Crippen LogP contribution in [-0.2, 0) is 11.2 Å². The normalized spacial score (nSPS) is 11.5. The Kier molecular flexibility index (Phi) is 4.55. The molecule has 3 N–H and O–H groups in total. The van der Waals surface area contributed by atoms with Crippen LogP contribution in [0, 0.1) is 16.5 Å². The molecule has 0 atom stereocenters. The summed E-state index contributed by atoms with van der Waals surface area (Å²) in [5.74, 6) is -1.61. The number of thioether (sulfide) groups is 1. The van der Waals surface area contributed by atoms with Crippen molar-refractivity contribution in [1.82, 2.24) is 0 Å². The number of hydrogen-bond acceptors (Lipinski definition) is 4. The lowest BCUT2D eigenvalue weighted by Crippen LogP contribution is -2.10. The zero-order valence-corrected chi connectivity index (χ0v) is 9.50. The molecule has 0 unspecified atom stereocenters. The van der Waals surface area contributed by atoms with E-state index in [-0.39, 0.29) is 22.8 Å². The highest BCUT2D eigenvalue weighted by Crippen LogP contribution is 2.19. The van der Waals surface area contributed by atoms with Crippen LogP contribution >= 0.6 is 11.8 Å². The summed E-state index contributed by atoms with van der Waals surface area (Å²) in [6.45, 7) is 0. The zero-order valence-electron chi connectivity index (χ0n) is 8.68. The Morgan fingerprint density at radius 1 is 1.47 bits per heavy atom. The maximum absolute atomic E-state index is 12.6. The SMILES string of the molecule is N#CSC(C(=O)O)=C(N)Cc1ccc(F)cc1. The molecule has 0 aliphatic heterocycles. The second-order valence-corrected chi connectivity index (χ2v) is 3.95. The molecule has 17 heavy (non-hydrogen) atoms. The summed E-state index contributed by atoms with van der Waals surface area (Å²) >= 11 is 0.502. The molecule has 6 heteroatoms. The van der Waals surface area contributed by atoms with Crippen LogP contribution in [0.3, 0.4) is 0 Å². The minimum Gasteiger partial charge on any atom is -0.477 e. The lowest BCUT2D eigenvalue weighted by Gasteiger charge is -2.05. The average Bonchev–Trinajstić information content (AvgIpc) is 2.28. The number of nitrogens with two attached hydrogens (primary N) is 1. The Labute approximate surface area is 102 Å². The summed E-state index contributed by atoms with van der Waals surface area (Å²) in [5.41, 5.74) is 6.37. The van der Waals surface area contributed by atoms with Crippen molar-refractivity contribution in [1.29, 1.82) is 5.26 Å². The molecule has 0 fully saturated rings. The van der Waals surface area contributed by atoms with Gasteiger partial charge in [-0.1, -0.05) is 12.1 Å². The van der Waals surface area contributed by atoms with Crippen molar-refractivity contribution in [3.63, 3.8) is 0 Å². The minimum atomic E-state index is -1.24. The van der Waals surface area contributed by atoms with Gasteiger partial charge < -0.3 is 10.8 Å². The van der Waals surface area contributed by atoms with Crippen molar-refractivity contribution in [2.75, 3.05) is 0 Å². The van der Waals surface area contributed by atoms with Crippen LogP contribution < -0.4 is 5.73 Å². The van der Waals surface area contributed by atoms with Crippen LogP contribution in [-0.4, -0.2) is 11.1 Å². The van der Waals surface area contributed by atoms with E-state index in [0.717, 1.165) is 0 Å². The lowest BCUT2D eigenvalue weighted by atomic mass is 10.1. The van der Waals surface area contributed by atoms with E-state index in [1.807, 2.05) is 0 Å². The average molecular weight is 252 g/mol. The monoisotopic (exact) mass is 252 g/mol. The second kappa shape index (κ2) is 5.92. The highest BCUT2D eigenvalue weighted by molar-refractivity contribution is 8.08. The predicted molar refractivity (Wildman–Crippen MR) is 62.2 cm³/mol. The number of aliphatic carboxylic acids is 1. The van der Waals surface area contributed by atoms with Gasteiger partial charge in [-0.25, -0.2) is 9.18 Å². The number of thiocyanates is 1. The van der Waals surface area contributed by atoms with Gasteiger partial charge in [-0.2, -0.15) is 5.26 Å². The Morgan fingerprint density at radius 3 is 2.53 bits per heavy atom. The number of rotatable bonds is 4. The number of hydrogen-bond donors (Lipinski definition) is 2. The summed E-state index contributed by atoms with van der Waals surface area (Å²) < 4.78 is 12.6.